The number of carbonyl (C=O) groups excluding carboxylic acids is 1. The highest BCUT2D eigenvalue weighted by atomic mass is 32.2. The summed E-state index contributed by atoms with van der Waals surface area (Å²) in [7, 11) is -2.02. The topological polar surface area (TPSA) is 76.6 Å². The Bertz CT molecular complexity index is 574. The molecule has 0 radical (unpaired) electrons. The lowest BCUT2D eigenvalue weighted by atomic mass is 10.0. The average Bonchev–Trinajstić information content (AvgIpc) is 2.53. The Labute approximate surface area is 125 Å². The second kappa shape index (κ2) is 7.00. The highest BCUT2D eigenvalue weighted by Gasteiger charge is 2.32. The Balaban J connectivity index is 1.97. The minimum absolute atomic E-state index is 0.0465. The second-order valence-electron chi connectivity index (χ2n) is 5.14. The molecule has 1 atom stereocenters. The smallest absolute Gasteiger partial charge is 0.309 e. The van der Waals surface area contributed by atoms with Crippen LogP contribution in [0.3, 0.4) is 0 Å². The summed E-state index contributed by atoms with van der Waals surface area (Å²) in [5.74, 6) is -0.631. The van der Waals surface area contributed by atoms with Crippen LogP contribution in [0, 0.1) is 5.92 Å². The van der Waals surface area contributed by atoms with Gasteiger partial charge in [0, 0.05) is 25.5 Å². The predicted octanol–water partition coefficient (Wildman–Crippen LogP) is 0.839. The van der Waals surface area contributed by atoms with E-state index in [1.807, 2.05) is 12.1 Å². The number of aryl methyl sites for hydroxylation is 1. The van der Waals surface area contributed by atoms with E-state index in [9.17, 15) is 13.2 Å². The van der Waals surface area contributed by atoms with Gasteiger partial charge in [-0.05, 0) is 37.0 Å². The number of piperidine rings is 1. The van der Waals surface area contributed by atoms with E-state index >= 15 is 0 Å². The van der Waals surface area contributed by atoms with Crippen molar-refractivity contribution in [3.8, 4) is 0 Å². The first-order chi connectivity index (χ1) is 10.0. The molecule has 1 fully saturated rings. The van der Waals surface area contributed by atoms with Crippen molar-refractivity contribution in [2.75, 3.05) is 26.0 Å². The van der Waals surface area contributed by atoms with Crippen molar-refractivity contribution in [3.63, 3.8) is 0 Å². The Morgan fingerprint density at radius 2 is 2.14 bits per heavy atom. The minimum atomic E-state index is -3.35. The summed E-state index contributed by atoms with van der Waals surface area (Å²) in [6, 6.07) is 3.62. The molecular formula is C14H20N2O4S. The van der Waals surface area contributed by atoms with Crippen LogP contribution in [0.2, 0.25) is 0 Å². The van der Waals surface area contributed by atoms with Gasteiger partial charge in [0.1, 0.15) is 0 Å². The number of rotatable bonds is 5. The summed E-state index contributed by atoms with van der Waals surface area (Å²) < 4.78 is 30.9. The maximum atomic E-state index is 12.4. The van der Waals surface area contributed by atoms with Crippen molar-refractivity contribution < 1.29 is 17.9 Å². The summed E-state index contributed by atoms with van der Waals surface area (Å²) in [6.45, 7) is 0.706. The van der Waals surface area contributed by atoms with Crippen molar-refractivity contribution in [2.24, 2.45) is 5.92 Å². The molecular weight excluding hydrogens is 292 g/mol. The molecule has 6 nitrogen and oxygen atoms in total. The summed E-state index contributed by atoms with van der Waals surface area (Å²) >= 11 is 0. The van der Waals surface area contributed by atoms with Crippen LogP contribution in [0.25, 0.3) is 0 Å². The van der Waals surface area contributed by atoms with Crippen molar-refractivity contribution >= 4 is 16.0 Å². The van der Waals surface area contributed by atoms with Crippen LogP contribution >= 0.6 is 0 Å². The molecule has 21 heavy (non-hydrogen) atoms. The molecule has 1 aliphatic rings. The third-order valence-corrected chi connectivity index (χ3v) is 5.55. The molecule has 0 amide bonds. The van der Waals surface area contributed by atoms with Gasteiger partial charge < -0.3 is 4.74 Å². The van der Waals surface area contributed by atoms with Crippen LogP contribution in [0.4, 0.5) is 0 Å². The molecule has 0 spiro atoms. The van der Waals surface area contributed by atoms with E-state index in [1.165, 1.54) is 11.4 Å². The molecule has 0 bridgehead atoms. The molecule has 1 saturated heterocycles. The van der Waals surface area contributed by atoms with E-state index < -0.39 is 10.0 Å². The highest BCUT2D eigenvalue weighted by Crippen LogP contribution is 2.21. The molecule has 2 rings (SSSR count). The number of aromatic nitrogens is 1. The monoisotopic (exact) mass is 312 g/mol. The second-order valence-corrected chi connectivity index (χ2v) is 7.23. The fourth-order valence-electron chi connectivity index (χ4n) is 2.48. The molecule has 7 heteroatoms. The largest absolute Gasteiger partial charge is 0.469 e. The highest BCUT2D eigenvalue weighted by molar-refractivity contribution is 7.89. The number of esters is 1. The number of methoxy groups -OCH3 is 1. The molecule has 0 N–H and O–H groups in total. The Kier molecular flexibility index (Phi) is 5.30. The zero-order chi connectivity index (χ0) is 15.3. The van der Waals surface area contributed by atoms with Gasteiger partial charge in [-0.25, -0.2) is 12.7 Å². The van der Waals surface area contributed by atoms with Crippen LogP contribution in [-0.4, -0.2) is 49.6 Å². The maximum absolute atomic E-state index is 12.4. The normalized spacial score (nSPS) is 20.1. The zero-order valence-corrected chi connectivity index (χ0v) is 12.9. The van der Waals surface area contributed by atoms with Gasteiger partial charge in [0.25, 0.3) is 0 Å². The van der Waals surface area contributed by atoms with Gasteiger partial charge in [-0.3, -0.25) is 9.78 Å². The fraction of sp³-hybridized carbons (Fsp3) is 0.571. The van der Waals surface area contributed by atoms with E-state index in [0.29, 0.717) is 25.8 Å². The standard InChI is InChI=1S/C14H20N2O4S/c1-20-14(17)13-3-2-9-16(11-13)21(18,19)10-6-12-4-7-15-8-5-12/h4-5,7-8,13H,2-3,6,9-11H2,1H3/t13-/m0/s1. The predicted molar refractivity (Wildman–Crippen MR) is 78.0 cm³/mol. The summed E-state index contributed by atoms with van der Waals surface area (Å²) in [5, 5.41) is 0. The number of ether oxygens (including phenoxy) is 1. The van der Waals surface area contributed by atoms with Gasteiger partial charge in [0.05, 0.1) is 18.8 Å². The third kappa shape index (κ3) is 4.25. The van der Waals surface area contributed by atoms with Gasteiger partial charge >= 0.3 is 5.97 Å². The van der Waals surface area contributed by atoms with Crippen LogP contribution in [0.15, 0.2) is 24.5 Å². The van der Waals surface area contributed by atoms with Gasteiger partial charge in [-0.1, -0.05) is 0 Å². The van der Waals surface area contributed by atoms with Crippen LogP contribution in [0.1, 0.15) is 18.4 Å². The molecule has 0 aromatic carbocycles. The Morgan fingerprint density at radius 1 is 1.43 bits per heavy atom. The Hall–Kier alpha value is -1.47. The lowest BCUT2D eigenvalue weighted by Gasteiger charge is -2.30. The lowest BCUT2D eigenvalue weighted by Crippen LogP contribution is -2.43. The summed E-state index contributed by atoms with van der Waals surface area (Å²) in [5.41, 5.74) is 0.940. The number of carbonyl (C=O) groups is 1. The number of sulfonamides is 1. The third-order valence-electron chi connectivity index (χ3n) is 3.71. The molecule has 0 unspecified atom stereocenters. The van der Waals surface area contributed by atoms with E-state index in [1.54, 1.807) is 12.4 Å². The van der Waals surface area contributed by atoms with Crippen molar-refractivity contribution in [1.29, 1.82) is 0 Å². The maximum Gasteiger partial charge on any atom is 0.309 e. The van der Waals surface area contributed by atoms with Crippen molar-refractivity contribution in [3.05, 3.63) is 30.1 Å². The molecule has 116 valence electrons. The van der Waals surface area contributed by atoms with Crippen LogP contribution < -0.4 is 0 Å². The van der Waals surface area contributed by atoms with E-state index in [-0.39, 0.29) is 24.2 Å². The lowest BCUT2D eigenvalue weighted by molar-refractivity contribution is -0.146. The number of pyridine rings is 1. The molecule has 1 aromatic heterocycles. The van der Waals surface area contributed by atoms with Crippen LogP contribution in [-0.2, 0) is 26.0 Å². The first-order valence-electron chi connectivity index (χ1n) is 6.97. The summed E-state index contributed by atoms with van der Waals surface area (Å²) in [4.78, 5) is 15.5. The van der Waals surface area contributed by atoms with Crippen molar-refractivity contribution in [1.82, 2.24) is 9.29 Å². The average molecular weight is 312 g/mol. The van der Waals surface area contributed by atoms with Gasteiger partial charge in [0.15, 0.2) is 0 Å². The number of nitrogens with zero attached hydrogens (tertiary/aromatic N) is 2. The SMILES string of the molecule is COC(=O)[C@H]1CCCN(S(=O)(=O)CCc2ccncc2)C1. The quantitative estimate of drug-likeness (QED) is 0.753. The summed E-state index contributed by atoms with van der Waals surface area (Å²) in [6.07, 6.45) is 5.12. The molecule has 0 saturated carbocycles. The zero-order valence-electron chi connectivity index (χ0n) is 12.1. The van der Waals surface area contributed by atoms with Crippen molar-refractivity contribution in [2.45, 2.75) is 19.3 Å². The first-order valence-corrected chi connectivity index (χ1v) is 8.58. The van der Waals surface area contributed by atoms with Gasteiger partial charge in [-0.15, -0.1) is 0 Å². The molecule has 0 aliphatic carbocycles. The minimum Gasteiger partial charge on any atom is -0.469 e. The fourth-order valence-corrected chi connectivity index (χ4v) is 4.05. The van der Waals surface area contributed by atoms with Gasteiger partial charge in [0.2, 0.25) is 10.0 Å². The van der Waals surface area contributed by atoms with E-state index in [2.05, 4.69) is 4.98 Å². The first kappa shape index (κ1) is 15.9. The van der Waals surface area contributed by atoms with E-state index in [0.717, 1.165) is 5.56 Å². The number of hydrogen-bond acceptors (Lipinski definition) is 5. The molecule has 1 aromatic rings. The van der Waals surface area contributed by atoms with Gasteiger partial charge in [-0.2, -0.15) is 0 Å². The molecule has 1 aliphatic heterocycles. The molecule has 2 heterocycles. The number of hydrogen-bond donors (Lipinski definition) is 0. The Morgan fingerprint density at radius 3 is 2.81 bits per heavy atom. The van der Waals surface area contributed by atoms with E-state index in [4.69, 9.17) is 4.74 Å². The van der Waals surface area contributed by atoms with Crippen LogP contribution in [0.5, 0.6) is 0 Å².